The van der Waals surface area contributed by atoms with E-state index in [0.29, 0.717) is 13.0 Å². The summed E-state index contributed by atoms with van der Waals surface area (Å²) in [5, 5.41) is 10.4. The average molecular weight is 320 g/mol. The lowest BCUT2D eigenvalue weighted by Gasteiger charge is -2.26. The average Bonchev–Trinajstić information content (AvgIpc) is 3.07. The van der Waals surface area contributed by atoms with Crippen molar-refractivity contribution in [2.75, 3.05) is 13.2 Å². The van der Waals surface area contributed by atoms with Gasteiger partial charge in [0.2, 0.25) is 0 Å². The lowest BCUT2D eigenvalue weighted by atomic mass is 9.95. The summed E-state index contributed by atoms with van der Waals surface area (Å²) in [6.07, 6.45) is 0.581. The Morgan fingerprint density at radius 2 is 1.88 bits per heavy atom. The second kappa shape index (κ2) is 5.80. The molecule has 4 heteroatoms. The number of para-hydroxylation sites is 1. The van der Waals surface area contributed by atoms with Crippen molar-refractivity contribution in [3.8, 4) is 0 Å². The Bertz CT molecular complexity index is 913. The van der Waals surface area contributed by atoms with Gasteiger partial charge in [-0.3, -0.25) is 4.79 Å². The van der Waals surface area contributed by atoms with Crippen molar-refractivity contribution in [1.82, 2.24) is 9.88 Å². The molecule has 1 aliphatic heterocycles. The highest BCUT2D eigenvalue weighted by atomic mass is 16.3. The Morgan fingerprint density at radius 1 is 1.12 bits per heavy atom. The quantitative estimate of drug-likeness (QED) is 0.774. The normalized spacial score (nSPS) is 16.8. The zero-order valence-corrected chi connectivity index (χ0v) is 13.6. The van der Waals surface area contributed by atoms with Gasteiger partial charge < -0.3 is 15.0 Å². The molecule has 0 bridgehead atoms. The number of hydrogen-bond acceptors (Lipinski definition) is 2. The summed E-state index contributed by atoms with van der Waals surface area (Å²) in [7, 11) is 0. The molecule has 122 valence electrons. The molecule has 2 aromatic carbocycles. The number of aromatic nitrogens is 1. The number of H-pyrrole nitrogens is 1. The number of aryl methyl sites for hydroxylation is 1. The molecule has 2 N–H and O–H groups in total. The third-order valence-corrected chi connectivity index (χ3v) is 4.83. The Labute approximate surface area is 140 Å². The second-order valence-electron chi connectivity index (χ2n) is 6.27. The molecule has 2 heterocycles. The number of hydrogen-bond donors (Lipinski definition) is 2. The van der Waals surface area contributed by atoms with E-state index in [4.69, 9.17) is 0 Å². The first kappa shape index (κ1) is 15.0. The van der Waals surface area contributed by atoms with E-state index in [1.807, 2.05) is 41.3 Å². The summed E-state index contributed by atoms with van der Waals surface area (Å²) in [4.78, 5) is 18.2. The maximum atomic E-state index is 12.9. The summed E-state index contributed by atoms with van der Waals surface area (Å²) in [5.74, 6) is 0.0498. The maximum absolute atomic E-state index is 12.9. The molecule has 1 aliphatic rings. The maximum Gasteiger partial charge on any atom is 0.255 e. The van der Waals surface area contributed by atoms with Gasteiger partial charge in [-0.2, -0.15) is 0 Å². The molecular formula is C20H20N2O2. The van der Waals surface area contributed by atoms with E-state index < -0.39 is 0 Å². The van der Waals surface area contributed by atoms with Gasteiger partial charge >= 0.3 is 0 Å². The lowest BCUT2D eigenvalue weighted by molar-refractivity contribution is 0.0738. The van der Waals surface area contributed by atoms with Crippen LogP contribution in [0.4, 0.5) is 0 Å². The summed E-state index contributed by atoms with van der Waals surface area (Å²) >= 11 is 0. The number of rotatable bonds is 4. The molecule has 4 nitrogen and oxygen atoms in total. The monoisotopic (exact) mass is 320 g/mol. The number of nitrogens with zero attached hydrogens (tertiary/aromatic N) is 1. The third kappa shape index (κ3) is 2.14. The van der Waals surface area contributed by atoms with Crippen molar-refractivity contribution in [2.45, 2.75) is 19.4 Å². The molecule has 4 rings (SSSR count). The number of nitrogens with one attached hydrogen (secondary N) is 1. The van der Waals surface area contributed by atoms with Crippen molar-refractivity contribution < 1.29 is 9.90 Å². The molecule has 0 unspecified atom stereocenters. The first-order valence-electron chi connectivity index (χ1n) is 8.30. The molecule has 1 atom stereocenters. The molecule has 3 aromatic rings. The minimum absolute atomic E-state index is 0.0498. The van der Waals surface area contributed by atoms with Gasteiger partial charge in [0.15, 0.2) is 0 Å². The minimum Gasteiger partial charge on any atom is -0.396 e. The van der Waals surface area contributed by atoms with Gasteiger partial charge in [-0.15, -0.1) is 0 Å². The number of aromatic amines is 1. The molecule has 0 fully saturated rings. The van der Waals surface area contributed by atoms with Crippen LogP contribution in [0.5, 0.6) is 0 Å². The first-order chi connectivity index (χ1) is 11.7. The highest BCUT2D eigenvalue weighted by Crippen LogP contribution is 2.42. The van der Waals surface area contributed by atoms with E-state index in [9.17, 15) is 9.90 Å². The molecule has 1 amide bonds. The van der Waals surface area contributed by atoms with Gasteiger partial charge in [0.25, 0.3) is 5.91 Å². The van der Waals surface area contributed by atoms with Crippen molar-refractivity contribution in [1.29, 1.82) is 0 Å². The number of benzene rings is 2. The molecule has 1 aromatic heterocycles. The van der Waals surface area contributed by atoms with Gasteiger partial charge in [0.1, 0.15) is 0 Å². The number of carbonyl (C=O) groups is 1. The zero-order valence-electron chi connectivity index (χ0n) is 13.6. The predicted octanol–water partition coefficient (Wildman–Crippen LogP) is 3.40. The summed E-state index contributed by atoms with van der Waals surface area (Å²) in [6.45, 7) is 2.69. The SMILES string of the molecule is Cc1[nH]c2ccccc2c1[C@@H]1c2ccccc2C(=O)N1CCCO. The van der Waals surface area contributed by atoms with Crippen LogP contribution in [0.25, 0.3) is 10.9 Å². The molecule has 24 heavy (non-hydrogen) atoms. The van der Waals surface area contributed by atoms with Crippen molar-refractivity contribution in [2.24, 2.45) is 0 Å². The first-order valence-corrected chi connectivity index (χ1v) is 8.30. The Balaban J connectivity index is 1.92. The molecule has 0 radical (unpaired) electrons. The second-order valence-corrected chi connectivity index (χ2v) is 6.27. The van der Waals surface area contributed by atoms with Crippen LogP contribution in [-0.4, -0.2) is 34.0 Å². The molecular weight excluding hydrogens is 300 g/mol. The van der Waals surface area contributed by atoms with Gasteiger partial charge in [-0.25, -0.2) is 0 Å². The van der Waals surface area contributed by atoms with E-state index in [1.165, 1.54) is 0 Å². The van der Waals surface area contributed by atoms with Crippen molar-refractivity contribution in [3.05, 3.63) is 70.9 Å². The lowest BCUT2D eigenvalue weighted by Crippen LogP contribution is -2.30. The van der Waals surface area contributed by atoms with Crippen LogP contribution in [-0.2, 0) is 0 Å². The fourth-order valence-electron chi connectivity index (χ4n) is 3.80. The van der Waals surface area contributed by atoms with Crippen molar-refractivity contribution >= 4 is 16.8 Å². The van der Waals surface area contributed by atoms with Crippen LogP contribution >= 0.6 is 0 Å². The van der Waals surface area contributed by atoms with Crippen LogP contribution in [0.3, 0.4) is 0 Å². The zero-order chi connectivity index (χ0) is 16.7. The summed E-state index contributed by atoms with van der Waals surface area (Å²) < 4.78 is 0. The van der Waals surface area contributed by atoms with Crippen molar-refractivity contribution in [3.63, 3.8) is 0 Å². The largest absolute Gasteiger partial charge is 0.396 e. The predicted molar refractivity (Wildman–Crippen MR) is 94.1 cm³/mol. The van der Waals surface area contributed by atoms with Crippen LogP contribution in [0, 0.1) is 6.92 Å². The number of carbonyl (C=O) groups excluding carboxylic acids is 1. The molecule has 0 saturated carbocycles. The smallest absolute Gasteiger partial charge is 0.255 e. The van der Waals surface area contributed by atoms with Gasteiger partial charge in [-0.1, -0.05) is 36.4 Å². The number of aliphatic hydroxyl groups excluding tert-OH is 1. The van der Waals surface area contributed by atoms with Gasteiger partial charge in [0, 0.05) is 40.9 Å². The Hall–Kier alpha value is -2.59. The number of amides is 1. The van der Waals surface area contributed by atoms with E-state index >= 15 is 0 Å². The fourth-order valence-corrected chi connectivity index (χ4v) is 3.80. The molecule has 0 spiro atoms. The van der Waals surface area contributed by atoms with E-state index in [2.05, 4.69) is 24.0 Å². The van der Waals surface area contributed by atoms with Crippen LogP contribution in [0.1, 0.15) is 39.6 Å². The van der Waals surface area contributed by atoms with E-state index in [0.717, 1.165) is 33.3 Å². The highest BCUT2D eigenvalue weighted by Gasteiger charge is 2.38. The minimum atomic E-state index is -0.101. The Kier molecular flexibility index (Phi) is 3.62. The standard InChI is InChI=1S/C20H20N2O2/c1-13-18(16-9-4-5-10-17(16)21-13)19-14-7-2-3-8-15(14)20(24)22(19)11-6-12-23/h2-5,7-10,19,21,23H,6,11-12H2,1H3/t19-/m0/s1. The van der Waals surface area contributed by atoms with Crippen LogP contribution < -0.4 is 0 Å². The third-order valence-electron chi connectivity index (χ3n) is 4.83. The molecule has 0 saturated heterocycles. The van der Waals surface area contributed by atoms with Crippen LogP contribution in [0.2, 0.25) is 0 Å². The van der Waals surface area contributed by atoms with E-state index in [1.54, 1.807) is 0 Å². The van der Waals surface area contributed by atoms with Gasteiger partial charge in [-0.05, 0) is 31.0 Å². The van der Waals surface area contributed by atoms with Gasteiger partial charge in [0.05, 0.1) is 6.04 Å². The topological polar surface area (TPSA) is 56.3 Å². The highest BCUT2D eigenvalue weighted by molar-refractivity contribution is 6.01. The number of aliphatic hydroxyl groups is 1. The van der Waals surface area contributed by atoms with Crippen LogP contribution in [0.15, 0.2) is 48.5 Å². The number of fused-ring (bicyclic) bond motifs is 2. The molecule has 0 aliphatic carbocycles. The summed E-state index contributed by atoms with van der Waals surface area (Å²) in [5.41, 5.74) is 5.14. The Morgan fingerprint density at radius 3 is 2.71 bits per heavy atom. The van der Waals surface area contributed by atoms with E-state index in [-0.39, 0.29) is 18.6 Å². The summed E-state index contributed by atoms with van der Waals surface area (Å²) in [6, 6.07) is 15.9. The fraction of sp³-hybridized carbons (Fsp3) is 0.250.